The standard InChI is InChI=1S/C9H11N5O2S/c10-11-9(16)6-4-14(13-12-6)5-7(15)8-2-1-3-17-8/h1-4,7,15H,5,10H2,(H,11,16)/t7-/m0/s1. The lowest BCUT2D eigenvalue weighted by Gasteiger charge is -2.06. The van der Waals surface area contributed by atoms with Crippen LogP contribution in [0.4, 0.5) is 0 Å². The second-order valence-electron chi connectivity index (χ2n) is 3.33. The summed E-state index contributed by atoms with van der Waals surface area (Å²) in [6.07, 6.45) is 0.768. The fraction of sp³-hybridized carbons (Fsp3) is 0.222. The Morgan fingerprint density at radius 3 is 3.18 bits per heavy atom. The molecule has 0 radical (unpaired) electrons. The van der Waals surface area contributed by atoms with Crippen molar-refractivity contribution < 1.29 is 9.90 Å². The van der Waals surface area contributed by atoms with E-state index in [2.05, 4.69) is 10.3 Å². The van der Waals surface area contributed by atoms with Crippen LogP contribution in [0, 0.1) is 0 Å². The number of amides is 1. The van der Waals surface area contributed by atoms with Crippen molar-refractivity contribution in [2.45, 2.75) is 12.6 Å². The Hall–Kier alpha value is -1.77. The molecule has 2 heterocycles. The summed E-state index contributed by atoms with van der Waals surface area (Å²) in [6, 6.07) is 3.69. The van der Waals surface area contributed by atoms with Crippen LogP contribution >= 0.6 is 11.3 Å². The first-order valence-electron chi connectivity index (χ1n) is 4.83. The highest BCUT2D eigenvalue weighted by molar-refractivity contribution is 7.10. The third-order valence-corrected chi connectivity index (χ3v) is 3.11. The first-order valence-corrected chi connectivity index (χ1v) is 5.71. The van der Waals surface area contributed by atoms with E-state index in [4.69, 9.17) is 5.84 Å². The van der Waals surface area contributed by atoms with E-state index < -0.39 is 12.0 Å². The Bertz CT molecular complexity index is 495. The van der Waals surface area contributed by atoms with Gasteiger partial charge in [-0.3, -0.25) is 10.2 Å². The van der Waals surface area contributed by atoms with Gasteiger partial charge in [-0.25, -0.2) is 10.5 Å². The number of rotatable bonds is 4. The predicted octanol–water partition coefficient (Wildman–Crippen LogP) is -0.323. The van der Waals surface area contributed by atoms with E-state index >= 15 is 0 Å². The molecule has 0 aliphatic heterocycles. The van der Waals surface area contributed by atoms with Crippen LogP contribution in [0.25, 0.3) is 0 Å². The van der Waals surface area contributed by atoms with Crippen LogP contribution in [0.5, 0.6) is 0 Å². The molecule has 7 nitrogen and oxygen atoms in total. The lowest BCUT2D eigenvalue weighted by Crippen LogP contribution is -2.30. The number of thiophene rings is 1. The fourth-order valence-electron chi connectivity index (χ4n) is 1.31. The Labute approximate surface area is 101 Å². The van der Waals surface area contributed by atoms with Crippen molar-refractivity contribution >= 4 is 17.2 Å². The Morgan fingerprint density at radius 2 is 2.53 bits per heavy atom. The summed E-state index contributed by atoms with van der Waals surface area (Å²) in [5.41, 5.74) is 2.08. The number of aromatic nitrogens is 3. The third kappa shape index (κ3) is 2.67. The number of hydrogen-bond acceptors (Lipinski definition) is 6. The number of aliphatic hydroxyl groups excluding tert-OH is 1. The van der Waals surface area contributed by atoms with E-state index in [9.17, 15) is 9.90 Å². The van der Waals surface area contributed by atoms with E-state index in [0.29, 0.717) is 0 Å². The SMILES string of the molecule is NNC(=O)c1cn(C[C@H](O)c2cccs2)nn1. The molecule has 0 fully saturated rings. The van der Waals surface area contributed by atoms with Crippen molar-refractivity contribution in [2.24, 2.45) is 5.84 Å². The number of nitrogens with zero attached hydrogens (tertiary/aromatic N) is 3. The van der Waals surface area contributed by atoms with Gasteiger partial charge in [-0.2, -0.15) is 0 Å². The van der Waals surface area contributed by atoms with Crippen LogP contribution < -0.4 is 11.3 Å². The minimum absolute atomic E-state index is 0.117. The van der Waals surface area contributed by atoms with Gasteiger partial charge in [0.1, 0.15) is 6.10 Å². The van der Waals surface area contributed by atoms with Gasteiger partial charge in [0.05, 0.1) is 12.7 Å². The molecule has 0 aliphatic rings. The zero-order chi connectivity index (χ0) is 12.3. The minimum Gasteiger partial charge on any atom is -0.386 e. The number of nitrogen functional groups attached to an aromatic ring is 1. The summed E-state index contributed by atoms with van der Waals surface area (Å²) in [6.45, 7) is 0.241. The molecule has 1 amide bonds. The van der Waals surface area contributed by atoms with Gasteiger partial charge in [0, 0.05) is 4.88 Å². The molecule has 0 unspecified atom stereocenters. The van der Waals surface area contributed by atoms with Crippen molar-refractivity contribution in [3.05, 3.63) is 34.3 Å². The average Bonchev–Trinajstić information content (AvgIpc) is 2.98. The van der Waals surface area contributed by atoms with Crippen LogP contribution in [-0.4, -0.2) is 26.0 Å². The second kappa shape index (κ2) is 5.04. The molecule has 2 aromatic heterocycles. The van der Waals surface area contributed by atoms with Gasteiger partial charge < -0.3 is 5.11 Å². The second-order valence-corrected chi connectivity index (χ2v) is 4.31. The summed E-state index contributed by atoms with van der Waals surface area (Å²) in [5.74, 6) is 4.46. The maximum atomic E-state index is 11.1. The highest BCUT2D eigenvalue weighted by Crippen LogP contribution is 2.19. The minimum atomic E-state index is -0.662. The normalized spacial score (nSPS) is 12.4. The predicted molar refractivity (Wildman–Crippen MR) is 61.0 cm³/mol. The van der Waals surface area contributed by atoms with Crippen LogP contribution in [0.1, 0.15) is 21.5 Å². The molecule has 90 valence electrons. The smallest absolute Gasteiger partial charge is 0.287 e. The summed E-state index contributed by atoms with van der Waals surface area (Å²) in [5, 5.41) is 19.1. The van der Waals surface area contributed by atoms with E-state index in [-0.39, 0.29) is 12.2 Å². The van der Waals surface area contributed by atoms with Crippen molar-refractivity contribution in [3.63, 3.8) is 0 Å². The molecule has 8 heteroatoms. The molecular weight excluding hydrogens is 242 g/mol. The molecule has 0 aliphatic carbocycles. The lowest BCUT2D eigenvalue weighted by molar-refractivity contribution is 0.0948. The van der Waals surface area contributed by atoms with E-state index in [1.807, 2.05) is 22.9 Å². The molecule has 0 saturated carbocycles. The highest BCUT2D eigenvalue weighted by atomic mass is 32.1. The fourth-order valence-corrected chi connectivity index (χ4v) is 2.02. The molecule has 17 heavy (non-hydrogen) atoms. The number of nitrogens with one attached hydrogen (secondary N) is 1. The molecule has 2 aromatic rings. The molecular formula is C9H11N5O2S. The van der Waals surface area contributed by atoms with Crippen LogP contribution in [0.15, 0.2) is 23.7 Å². The summed E-state index contributed by atoms with van der Waals surface area (Å²) < 4.78 is 1.40. The lowest BCUT2D eigenvalue weighted by atomic mass is 10.3. The Kier molecular flexibility index (Phi) is 3.47. The number of carbonyl (C=O) groups excluding carboxylic acids is 1. The third-order valence-electron chi connectivity index (χ3n) is 2.13. The van der Waals surface area contributed by atoms with Crippen molar-refractivity contribution in [1.29, 1.82) is 0 Å². The molecule has 4 N–H and O–H groups in total. The largest absolute Gasteiger partial charge is 0.386 e. The van der Waals surface area contributed by atoms with E-state index in [1.165, 1.54) is 22.2 Å². The average molecular weight is 253 g/mol. The van der Waals surface area contributed by atoms with Gasteiger partial charge in [-0.05, 0) is 11.4 Å². The number of hydrazine groups is 1. The Morgan fingerprint density at radius 1 is 1.71 bits per heavy atom. The molecule has 1 atom stereocenters. The number of carbonyl (C=O) groups is 1. The van der Waals surface area contributed by atoms with Gasteiger partial charge in [-0.15, -0.1) is 16.4 Å². The van der Waals surface area contributed by atoms with Gasteiger partial charge in [0.2, 0.25) is 0 Å². The Balaban J connectivity index is 2.04. The summed E-state index contributed by atoms with van der Waals surface area (Å²) in [4.78, 5) is 12.0. The molecule has 2 rings (SSSR count). The topological polar surface area (TPSA) is 106 Å². The maximum absolute atomic E-state index is 11.1. The van der Waals surface area contributed by atoms with Crippen molar-refractivity contribution in [3.8, 4) is 0 Å². The molecule has 0 bridgehead atoms. The van der Waals surface area contributed by atoms with Crippen LogP contribution in [0.3, 0.4) is 0 Å². The number of aliphatic hydroxyl groups is 1. The highest BCUT2D eigenvalue weighted by Gasteiger charge is 2.13. The monoisotopic (exact) mass is 253 g/mol. The van der Waals surface area contributed by atoms with Gasteiger partial charge >= 0.3 is 0 Å². The number of nitrogens with two attached hydrogens (primary N) is 1. The van der Waals surface area contributed by atoms with Crippen LogP contribution in [-0.2, 0) is 6.54 Å². The van der Waals surface area contributed by atoms with Crippen molar-refractivity contribution in [2.75, 3.05) is 0 Å². The summed E-state index contributed by atoms with van der Waals surface area (Å²) in [7, 11) is 0. The molecule has 0 spiro atoms. The first-order chi connectivity index (χ1) is 8.20. The zero-order valence-corrected chi connectivity index (χ0v) is 9.59. The van der Waals surface area contributed by atoms with E-state index in [1.54, 1.807) is 0 Å². The number of hydrogen-bond donors (Lipinski definition) is 3. The molecule has 0 saturated heterocycles. The zero-order valence-electron chi connectivity index (χ0n) is 8.78. The van der Waals surface area contributed by atoms with Gasteiger partial charge in [0.25, 0.3) is 5.91 Å². The van der Waals surface area contributed by atoms with E-state index in [0.717, 1.165) is 4.88 Å². The van der Waals surface area contributed by atoms with Gasteiger partial charge in [0.15, 0.2) is 5.69 Å². The maximum Gasteiger partial charge on any atom is 0.287 e. The molecule has 0 aromatic carbocycles. The first kappa shape index (κ1) is 11.7. The summed E-state index contributed by atoms with van der Waals surface area (Å²) >= 11 is 1.46. The van der Waals surface area contributed by atoms with Gasteiger partial charge in [-0.1, -0.05) is 11.3 Å². The van der Waals surface area contributed by atoms with Crippen molar-refractivity contribution in [1.82, 2.24) is 20.4 Å². The quantitative estimate of drug-likeness (QED) is 0.393. The van der Waals surface area contributed by atoms with Crippen LogP contribution in [0.2, 0.25) is 0 Å².